The number of hydrogen-bond acceptors (Lipinski definition) is 2. The second kappa shape index (κ2) is 4.28. The predicted molar refractivity (Wildman–Crippen MR) is 57.8 cm³/mol. The van der Waals surface area contributed by atoms with E-state index in [1.165, 1.54) is 25.7 Å². The van der Waals surface area contributed by atoms with Crippen molar-refractivity contribution in [3.05, 3.63) is 16.4 Å². The minimum absolute atomic E-state index is 0.591. The topological polar surface area (TPSA) is 29.9 Å². The van der Waals surface area contributed by atoms with Gasteiger partial charge in [0.2, 0.25) is 0 Å². The SMILES string of the molecule is COCc1cc(=S)n(C2CCCC2)[nH]1. The zero-order valence-corrected chi connectivity index (χ0v) is 9.27. The van der Waals surface area contributed by atoms with Crippen LogP contribution in [0.3, 0.4) is 0 Å². The molecule has 0 aromatic carbocycles. The molecule has 1 heterocycles. The third-order valence-corrected chi connectivity index (χ3v) is 3.10. The summed E-state index contributed by atoms with van der Waals surface area (Å²) in [5, 5.41) is 3.31. The molecule has 0 atom stereocenters. The number of ether oxygens (including phenoxy) is 1. The van der Waals surface area contributed by atoms with E-state index in [0.29, 0.717) is 12.6 Å². The van der Waals surface area contributed by atoms with E-state index in [2.05, 4.69) is 9.78 Å². The summed E-state index contributed by atoms with van der Waals surface area (Å²) in [6, 6.07) is 2.59. The molecule has 0 saturated heterocycles. The first-order valence-corrected chi connectivity index (χ1v) is 5.51. The molecule has 3 nitrogen and oxygen atoms in total. The Bertz CT molecular complexity index is 349. The third kappa shape index (κ3) is 1.91. The monoisotopic (exact) mass is 212 g/mol. The maximum absolute atomic E-state index is 5.30. The molecule has 0 aliphatic heterocycles. The van der Waals surface area contributed by atoms with Crippen molar-refractivity contribution in [2.45, 2.75) is 38.3 Å². The van der Waals surface area contributed by atoms with Crippen LogP contribution < -0.4 is 0 Å². The molecule has 1 N–H and O–H groups in total. The molecule has 1 aromatic heterocycles. The molecule has 0 spiro atoms. The number of hydrogen-bond donors (Lipinski definition) is 1. The van der Waals surface area contributed by atoms with Crippen LogP contribution in [-0.2, 0) is 11.3 Å². The first kappa shape index (κ1) is 9.93. The quantitative estimate of drug-likeness (QED) is 0.781. The number of methoxy groups -OCH3 is 1. The molecular weight excluding hydrogens is 196 g/mol. The fourth-order valence-corrected chi connectivity index (χ4v) is 2.46. The summed E-state index contributed by atoms with van der Waals surface area (Å²) in [6.45, 7) is 0.614. The van der Waals surface area contributed by atoms with Crippen LogP contribution >= 0.6 is 12.2 Å². The lowest BCUT2D eigenvalue weighted by molar-refractivity contribution is 0.180. The van der Waals surface area contributed by atoms with Gasteiger partial charge in [0.05, 0.1) is 18.3 Å². The molecule has 4 heteroatoms. The van der Waals surface area contributed by atoms with Crippen molar-refractivity contribution in [2.75, 3.05) is 7.11 Å². The summed E-state index contributed by atoms with van der Waals surface area (Å²) in [4.78, 5) is 0. The molecule has 1 saturated carbocycles. The first-order chi connectivity index (χ1) is 6.81. The fraction of sp³-hybridized carbons (Fsp3) is 0.700. The van der Waals surface area contributed by atoms with Crippen molar-refractivity contribution in [3.63, 3.8) is 0 Å². The Morgan fingerprint density at radius 1 is 1.57 bits per heavy atom. The van der Waals surface area contributed by atoms with Crippen LogP contribution in [-0.4, -0.2) is 16.9 Å². The fourth-order valence-electron chi connectivity index (χ4n) is 2.12. The van der Waals surface area contributed by atoms with Gasteiger partial charge >= 0.3 is 0 Å². The van der Waals surface area contributed by atoms with Crippen LogP contribution in [0.25, 0.3) is 0 Å². The zero-order chi connectivity index (χ0) is 9.97. The van der Waals surface area contributed by atoms with Crippen LogP contribution in [0.15, 0.2) is 6.07 Å². The Labute approximate surface area is 89.1 Å². The number of nitrogens with zero attached hydrogens (tertiary/aromatic N) is 1. The summed E-state index contributed by atoms with van der Waals surface area (Å²) in [5.74, 6) is 0. The van der Waals surface area contributed by atoms with Gasteiger partial charge in [-0.2, -0.15) is 0 Å². The van der Waals surface area contributed by atoms with E-state index in [-0.39, 0.29) is 0 Å². The van der Waals surface area contributed by atoms with E-state index in [4.69, 9.17) is 17.0 Å². The minimum Gasteiger partial charge on any atom is -0.378 e. The smallest absolute Gasteiger partial charge is 0.122 e. The van der Waals surface area contributed by atoms with Gasteiger partial charge < -0.3 is 4.74 Å². The van der Waals surface area contributed by atoms with Gasteiger partial charge in [-0.3, -0.25) is 9.78 Å². The van der Waals surface area contributed by atoms with Gasteiger partial charge in [0.1, 0.15) is 4.64 Å². The number of rotatable bonds is 3. The number of aromatic amines is 1. The molecule has 1 fully saturated rings. The van der Waals surface area contributed by atoms with Gasteiger partial charge in [0, 0.05) is 7.11 Å². The molecule has 0 bridgehead atoms. The molecular formula is C10H16N2OS. The lowest BCUT2D eigenvalue weighted by Crippen LogP contribution is -2.07. The lowest BCUT2D eigenvalue weighted by atomic mass is 10.3. The molecule has 78 valence electrons. The van der Waals surface area contributed by atoms with E-state index in [1.807, 2.05) is 6.07 Å². The van der Waals surface area contributed by atoms with Crippen molar-refractivity contribution in [1.29, 1.82) is 0 Å². The third-order valence-electron chi connectivity index (χ3n) is 2.79. The lowest BCUT2D eigenvalue weighted by Gasteiger charge is -2.10. The number of aromatic nitrogens is 2. The van der Waals surface area contributed by atoms with Crippen LogP contribution in [0, 0.1) is 4.64 Å². The minimum atomic E-state index is 0.591. The molecule has 2 rings (SSSR count). The summed E-state index contributed by atoms with van der Waals surface area (Å²) in [6.07, 6.45) is 5.15. The predicted octanol–water partition coefficient (Wildman–Crippen LogP) is 2.81. The maximum atomic E-state index is 5.30. The Hall–Kier alpha value is -0.610. The second-order valence-electron chi connectivity index (χ2n) is 3.86. The molecule has 1 aliphatic rings. The highest BCUT2D eigenvalue weighted by Crippen LogP contribution is 2.29. The molecule has 14 heavy (non-hydrogen) atoms. The highest BCUT2D eigenvalue weighted by Gasteiger charge is 2.17. The highest BCUT2D eigenvalue weighted by molar-refractivity contribution is 7.71. The number of H-pyrrole nitrogens is 1. The van der Waals surface area contributed by atoms with Crippen molar-refractivity contribution < 1.29 is 4.74 Å². The summed E-state index contributed by atoms with van der Waals surface area (Å²) in [5.41, 5.74) is 1.07. The van der Waals surface area contributed by atoms with Crippen LogP contribution in [0.1, 0.15) is 37.4 Å². The Balaban J connectivity index is 2.20. The van der Waals surface area contributed by atoms with Gasteiger partial charge in [0.15, 0.2) is 0 Å². The van der Waals surface area contributed by atoms with Gasteiger partial charge in [-0.15, -0.1) is 0 Å². The molecule has 1 aliphatic carbocycles. The first-order valence-electron chi connectivity index (χ1n) is 5.10. The van der Waals surface area contributed by atoms with E-state index >= 15 is 0 Å². The Kier molecular flexibility index (Phi) is 3.03. The average molecular weight is 212 g/mol. The zero-order valence-electron chi connectivity index (χ0n) is 8.45. The highest BCUT2D eigenvalue weighted by atomic mass is 32.1. The number of nitrogens with one attached hydrogen (secondary N) is 1. The van der Waals surface area contributed by atoms with Crippen LogP contribution in [0.2, 0.25) is 0 Å². The van der Waals surface area contributed by atoms with Gasteiger partial charge in [-0.25, -0.2) is 0 Å². The van der Waals surface area contributed by atoms with Crippen molar-refractivity contribution in [2.24, 2.45) is 0 Å². The van der Waals surface area contributed by atoms with Crippen molar-refractivity contribution in [3.8, 4) is 0 Å². The summed E-state index contributed by atoms with van der Waals surface area (Å²) < 4.78 is 8.10. The maximum Gasteiger partial charge on any atom is 0.122 e. The van der Waals surface area contributed by atoms with E-state index < -0.39 is 0 Å². The van der Waals surface area contributed by atoms with Gasteiger partial charge in [-0.05, 0) is 18.9 Å². The Morgan fingerprint density at radius 2 is 2.29 bits per heavy atom. The van der Waals surface area contributed by atoms with Crippen molar-refractivity contribution in [1.82, 2.24) is 9.78 Å². The largest absolute Gasteiger partial charge is 0.378 e. The van der Waals surface area contributed by atoms with Gasteiger partial charge in [0.25, 0.3) is 0 Å². The standard InChI is InChI=1S/C10H16N2OS/c1-13-7-8-6-10(14)12(11-8)9-4-2-3-5-9/h6,9,11H,2-5,7H2,1H3. The van der Waals surface area contributed by atoms with E-state index in [9.17, 15) is 0 Å². The second-order valence-corrected chi connectivity index (χ2v) is 4.28. The summed E-state index contributed by atoms with van der Waals surface area (Å²) in [7, 11) is 1.70. The van der Waals surface area contributed by atoms with Crippen molar-refractivity contribution >= 4 is 12.2 Å². The van der Waals surface area contributed by atoms with Crippen LogP contribution in [0.5, 0.6) is 0 Å². The molecule has 1 aromatic rings. The average Bonchev–Trinajstić information content (AvgIpc) is 2.74. The Morgan fingerprint density at radius 3 is 2.93 bits per heavy atom. The molecule has 0 unspecified atom stereocenters. The van der Waals surface area contributed by atoms with E-state index in [0.717, 1.165) is 10.3 Å². The van der Waals surface area contributed by atoms with Gasteiger partial charge in [-0.1, -0.05) is 25.1 Å². The van der Waals surface area contributed by atoms with E-state index in [1.54, 1.807) is 7.11 Å². The summed E-state index contributed by atoms with van der Waals surface area (Å²) >= 11 is 5.30. The molecule has 0 amide bonds. The van der Waals surface area contributed by atoms with Crippen LogP contribution in [0.4, 0.5) is 0 Å². The normalized spacial score (nSPS) is 17.8. The molecule has 0 radical (unpaired) electrons.